The van der Waals surface area contributed by atoms with Crippen LogP contribution in [-0.2, 0) is 38.5 Å². The Kier molecular flexibility index (Phi) is 7.59. The zero-order chi connectivity index (χ0) is 22.5. The highest BCUT2D eigenvalue weighted by Crippen LogP contribution is 2.44. The second-order valence-electron chi connectivity index (χ2n) is 8.40. The molecule has 164 valence electrons. The van der Waals surface area contributed by atoms with Crippen LogP contribution in [0.25, 0.3) is 22.3 Å². The van der Waals surface area contributed by atoms with Crippen molar-refractivity contribution in [2.45, 2.75) is 80.1 Å². The molecule has 1 nitrogen and oxygen atoms in total. The Morgan fingerprint density at radius 3 is 1.10 bits per heavy atom. The lowest BCUT2D eigenvalue weighted by atomic mass is 9.84. The molecule has 1 N–H and O–H groups in total. The minimum Gasteiger partial charge on any atom is -0.507 e. The van der Waals surface area contributed by atoms with E-state index in [1.165, 1.54) is 44.5 Å². The topological polar surface area (TPSA) is 20.2 Å². The van der Waals surface area contributed by atoms with E-state index in [0.29, 0.717) is 5.75 Å². The predicted molar refractivity (Wildman–Crippen MR) is 135 cm³/mol. The van der Waals surface area contributed by atoms with E-state index in [1.54, 1.807) is 0 Å². The summed E-state index contributed by atoms with van der Waals surface area (Å²) in [7, 11) is 0. The van der Waals surface area contributed by atoms with Crippen LogP contribution in [0.2, 0.25) is 0 Å². The molecule has 3 aromatic carbocycles. The lowest BCUT2D eigenvalue weighted by Crippen LogP contribution is -2.00. The molecule has 0 saturated carbocycles. The average molecular weight is 415 g/mol. The van der Waals surface area contributed by atoms with E-state index in [4.69, 9.17) is 0 Å². The third-order valence-electron chi connectivity index (χ3n) is 6.64. The smallest absolute Gasteiger partial charge is 0.131 e. The van der Waals surface area contributed by atoms with Crippen LogP contribution in [0.4, 0.5) is 0 Å². The normalized spacial score (nSPS) is 11.2. The number of benzene rings is 3. The lowest BCUT2D eigenvalue weighted by molar-refractivity contribution is 0.479. The second-order valence-corrected chi connectivity index (χ2v) is 8.40. The highest BCUT2D eigenvalue weighted by molar-refractivity contribution is 5.87. The SMILES string of the molecule is CCc1cc(CC)c(-c2cccc(-c3c(CC)cc(CC)cc3CC)c2O)c(CC)c1. The third-order valence-corrected chi connectivity index (χ3v) is 6.64. The van der Waals surface area contributed by atoms with Crippen molar-refractivity contribution in [1.82, 2.24) is 0 Å². The summed E-state index contributed by atoms with van der Waals surface area (Å²) in [6.07, 6.45) is 5.93. The summed E-state index contributed by atoms with van der Waals surface area (Å²) in [4.78, 5) is 0. The van der Waals surface area contributed by atoms with Crippen LogP contribution in [0, 0.1) is 0 Å². The van der Waals surface area contributed by atoms with Crippen molar-refractivity contribution in [2.24, 2.45) is 0 Å². The summed E-state index contributed by atoms with van der Waals surface area (Å²) in [6.45, 7) is 13.3. The zero-order valence-corrected chi connectivity index (χ0v) is 20.2. The van der Waals surface area contributed by atoms with Gasteiger partial charge in [-0.25, -0.2) is 0 Å². The maximum atomic E-state index is 11.6. The number of rotatable bonds is 8. The van der Waals surface area contributed by atoms with Crippen LogP contribution in [0.5, 0.6) is 5.75 Å². The van der Waals surface area contributed by atoms with Gasteiger partial charge in [0.15, 0.2) is 0 Å². The van der Waals surface area contributed by atoms with Crippen LogP contribution >= 0.6 is 0 Å². The molecule has 0 aliphatic carbocycles. The maximum absolute atomic E-state index is 11.6. The summed E-state index contributed by atoms with van der Waals surface area (Å²) in [6, 6.07) is 15.6. The van der Waals surface area contributed by atoms with E-state index in [9.17, 15) is 5.11 Å². The summed E-state index contributed by atoms with van der Waals surface area (Å²) < 4.78 is 0. The quantitative estimate of drug-likeness (QED) is 0.395. The lowest BCUT2D eigenvalue weighted by Gasteiger charge is -2.21. The third kappa shape index (κ3) is 4.42. The standard InChI is InChI=1S/C30H38O/c1-7-20-16-22(9-3)28(23(10-4)17-20)26-14-13-15-27(30(26)31)29-24(11-5)18-21(8-2)19-25(29)12-6/h13-19,31H,7-12H2,1-6H3. The summed E-state index contributed by atoms with van der Waals surface area (Å²) in [5.41, 5.74) is 12.5. The molecule has 0 aliphatic heterocycles. The molecule has 0 radical (unpaired) electrons. The van der Waals surface area contributed by atoms with Gasteiger partial charge in [0.05, 0.1) is 0 Å². The Bertz CT molecular complexity index is 926. The van der Waals surface area contributed by atoms with Gasteiger partial charge >= 0.3 is 0 Å². The molecule has 31 heavy (non-hydrogen) atoms. The Morgan fingerprint density at radius 2 is 0.839 bits per heavy atom. The van der Waals surface area contributed by atoms with E-state index in [0.717, 1.165) is 49.7 Å². The highest BCUT2D eigenvalue weighted by atomic mass is 16.3. The van der Waals surface area contributed by atoms with Gasteiger partial charge in [-0.15, -0.1) is 0 Å². The van der Waals surface area contributed by atoms with Gasteiger partial charge in [-0.1, -0.05) is 84.0 Å². The first-order chi connectivity index (χ1) is 15.0. The predicted octanol–water partition coefficient (Wildman–Crippen LogP) is 8.10. The molecular weight excluding hydrogens is 376 g/mol. The van der Waals surface area contributed by atoms with Crippen molar-refractivity contribution in [2.75, 3.05) is 0 Å². The van der Waals surface area contributed by atoms with Crippen molar-refractivity contribution in [1.29, 1.82) is 0 Å². The van der Waals surface area contributed by atoms with Crippen LogP contribution in [0.1, 0.15) is 74.9 Å². The first kappa shape index (κ1) is 23.1. The molecule has 0 unspecified atom stereocenters. The second kappa shape index (κ2) is 10.2. The Balaban J connectivity index is 2.31. The number of para-hydroxylation sites is 1. The average Bonchev–Trinajstić information content (AvgIpc) is 2.82. The van der Waals surface area contributed by atoms with Gasteiger partial charge < -0.3 is 5.11 Å². The number of phenols is 1. The van der Waals surface area contributed by atoms with Crippen molar-refractivity contribution < 1.29 is 5.11 Å². The monoisotopic (exact) mass is 414 g/mol. The van der Waals surface area contributed by atoms with Gasteiger partial charge in [0.1, 0.15) is 5.75 Å². The number of aryl methyl sites for hydroxylation is 6. The Labute approximate surface area is 189 Å². The molecule has 3 aromatic rings. The van der Waals surface area contributed by atoms with Crippen LogP contribution < -0.4 is 0 Å². The number of aromatic hydroxyl groups is 1. The number of phenolic OH excluding ortho intramolecular Hbond substituents is 1. The first-order valence-electron chi connectivity index (χ1n) is 12.1. The molecular formula is C30H38O. The van der Waals surface area contributed by atoms with Gasteiger partial charge in [-0.05, 0) is 83.0 Å². The van der Waals surface area contributed by atoms with Gasteiger partial charge in [0.2, 0.25) is 0 Å². The van der Waals surface area contributed by atoms with E-state index in [2.05, 4.69) is 84.0 Å². The Hall–Kier alpha value is -2.54. The summed E-state index contributed by atoms with van der Waals surface area (Å²) in [5, 5.41) is 11.6. The summed E-state index contributed by atoms with van der Waals surface area (Å²) >= 11 is 0. The van der Waals surface area contributed by atoms with Gasteiger partial charge in [0, 0.05) is 11.1 Å². The molecule has 1 heteroatoms. The molecule has 0 spiro atoms. The van der Waals surface area contributed by atoms with Gasteiger partial charge in [-0.2, -0.15) is 0 Å². The first-order valence-corrected chi connectivity index (χ1v) is 12.1. The van der Waals surface area contributed by atoms with Crippen molar-refractivity contribution in [3.63, 3.8) is 0 Å². The molecule has 0 heterocycles. The van der Waals surface area contributed by atoms with E-state index >= 15 is 0 Å². The minimum atomic E-state index is 0.421. The van der Waals surface area contributed by atoms with E-state index < -0.39 is 0 Å². The van der Waals surface area contributed by atoms with Crippen molar-refractivity contribution in [3.05, 3.63) is 75.8 Å². The molecule has 0 aliphatic rings. The fourth-order valence-electron chi connectivity index (χ4n) is 4.84. The van der Waals surface area contributed by atoms with E-state index in [-0.39, 0.29) is 0 Å². The number of hydrogen-bond donors (Lipinski definition) is 1. The van der Waals surface area contributed by atoms with Crippen LogP contribution in [0.3, 0.4) is 0 Å². The van der Waals surface area contributed by atoms with Crippen LogP contribution in [0.15, 0.2) is 42.5 Å². The maximum Gasteiger partial charge on any atom is 0.131 e. The molecule has 0 bridgehead atoms. The largest absolute Gasteiger partial charge is 0.507 e. The molecule has 0 fully saturated rings. The highest BCUT2D eigenvalue weighted by Gasteiger charge is 2.20. The van der Waals surface area contributed by atoms with E-state index in [1.807, 2.05) is 0 Å². The minimum absolute atomic E-state index is 0.421. The van der Waals surface area contributed by atoms with Crippen molar-refractivity contribution >= 4 is 0 Å². The van der Waals surface area contributed by atoms with Crippen molar-refractivity contribution in [3.8, 4) is 28.0 Å². The fourth-order valence-corrected chi connectivity index (χ4v) is 4.84. The molecule has 0 aromatic heterocycles. The van der Waals surface area contributed by atoms with Gasteiger partial charge in [-0.3, -0.25) is 0 Å². The summed E-state index contributed by atoms with van der Waals surface area (Å²) in [5.74, 6) is 0.421. The zero-order valence-electron chi connectivity index (χ0n) is 20.2. The Morgan fingerprint density at radius 1 is 0.516 bits per heavy atom. The molecule has 0 amide bonds. The molecule has 3 rings (SSSR count). The molecule has 0 saturated heterocycles. The van der Waals surface area contributed by atoms with Gasteiger partial charge in [0.25, 0.3) is 0 Å². The molecule has 0 atom stereocenters. The number of hydrogen-bond acceptors (Lipinski definition) is 1. The van der Waals surface area contributed by atoms with Crippen LogP contribution in [-0.4, -0.2) is 5.11 Å². The fraction of sp³-hybridized carbons (Fsp3) is 0.400.